The van der Waals surface area contributed by atoms with Crippen molar-refractivity contribution >= 4 is 11.6 Å². The molecule has 0 aliphatic heterocycles. The zero-order chi connectivity index (χ0) is 13.0. The van der Waals surface area contributed by atoms with Gasteiger partial charge in [0.05, 0.1) is 11.9 Å². The van der Waals surface area contributed by atoms with Crippen LogP contribution in [0.4, 0.5) is 5.69 Å². The summed E-state index contributed by atoms with van der Waals surface area (Å²) in [6, 6.07) is 3.81. The van der Waals surface area contributed by atoms with Crippen molar-refractivity contribution < 1.29 is 4.79 Å². The molecule has 1 heterocycles. The fourth-order valence-corrected chi connectivity index (χ4v) is 1.48. The molecule has 0 aliphatic carbocycles. The van der Waals surface area contributed by atoms with Crippen LogP contribution in [-0.2, 0) is 0 Å². The summed E-state index contributed by atoms with van der Waals surface area (Å²) in [4.78, 5) is 18.0. The van der Waals surface area contributed by atoms with Gasteiger partial charge >= 0.3 is 0 Å². The van der Waals surface area contributed by atoms with Crippen LogP contribution in [0.3, 0.4) is 0 Å². The molecule has 1 aromatic heterocycles. The van der Waals surface area contributed by atoms with Crippen LogP contribution in [0.15, 0.2) is 18.3 Å². The van der Waals surface area contributed by atoms with E-state index in [1.54, 1.807) is 17.2 Å². The lowest BCUT2D eigenvalue weighted by Crippen LogP contribution is -2.38. The van der Waals surface area contributed by atoms with E-state index in [1.165, 1.54) is 0 Å². The third-order valence-electron chi connectivity index (χ3n) is 3.17. The number of hydrogen-bond acceptors (Lipinski definition) is 3. The van der Waals surface area contributed by atoms with E-state index in [0.29, 0.717) is 11.6 Å². The largest absolute Gasteiger partial charge is 0.387 e. The highest BCUT2D eigenvalue weighted by Gasteiger charge is 2.20. The van der Waals surface area contributed by atoms with Crippen molar-refractivity contribution in [3.8, 4) is 0 Å². The van der Waals surface area contributed by atoms with Crippen LogP contribution >= 0.6 is 0 Å². The van der Waals surface area contributed by atoms with Crippen molar-refractivity contribution in [2.24, 2.45) is 5.92 Å². The van der Waals surface area contributed by atoms with Gasteiger partial charge in [-0.05, 0) is 25.0 Å². The van der Waals surface area contributed by atoms with Gasteiger partial charge in [-0.1, -0.05) is 13.8 Å². The number of nitrogens with one attached hydrogen (secondary N) is 1. The molecule has 0 aliphatic rings. The average molecular weight is 235 g/mol. The molecule has 0 saturated heterocycles. The molecule has 1 amide bonds. The van der Waals surface area contributed by atoms with Crippen LogP contribution < -0.4 is 5.32 Å². The first-order valence-corrected chi connectivity index (χ1v) is 5.88. The minimum absolute atomic E-state index is 0.0335. The van der Waals surface area contributed by atoms with Gasteiger partial charge in [0.15, 0.2) is 0 Å². The van der Waals surface area contributed by atoms with Crippen LogP contribution in [0, 0.1) is 5.92 Å². The van der Waals surface area contributed by atoms with E-state index >= 15 is 0 Å². The quantitative estimate of drug-likeness (QED) is 0.870. The molecule has 0 bridgehead atoms. The predicted molar refractivity (Wildman–Crippen MR) is 70.2 cm³/mol. The molecule has 0 aromatic carbocycles. The van der Waals surface area contributed by atoms with Crippen molar-refractivity contribution in [2.45, 2.75) is 26.8 Å². The van der Waals surface area contributed by atoms with Crippen molar-refractivity contribution in [2.75, 3.05) is 19.4 Å². The van der Waals surface area contributed by atoms with Gasteiger partial charge in [0, 0.05) is 20.1 Å². The molecule has 4 heteroatoms. The molecule has 4 nitrogen and oxygen atoms in total. The molecule has 0 fully saturated rings. The lowest BCUT2D eigenvalue weighted by molar-refractivity contribution is 0.0701. The number of carbonyl (C=O) groups is 1. The average Bonchev–Trinajstić information content (AvgIpc) is 2.36. The SMILES string of the molecule is CNc1ccc(C(=O)N(C)C(C)C(C)C)nc1. The van der Waals surface area contributed by atoms with Gasteiger partial charge in [0.2, 0.25) is 0 Å². The van der Waals surface area contributed by atoms with Crippen molar-refractivity contribution in [1.29, 1.82) is 0 Å². The van der Waals surface area contributed by atoms with Gasteiger partial charge in [0.25, 0.3) is 5.91 Å². The molecule has 1 rings (SSSR count). The first-order valence-electron chi connectivity index (χ1n) is 5.88. The maximum atomic E-state index is 12.1. The first kappa shape index (κ1) is 13.5. The Labute approximate surface area is 103 Å². The Morgan fingerprint density at radius 1 is 1.35 bits per heavy atom. The predicted octanol–water partition coefficient (Wildman–Crippen LogP) is 2.24. The van der Waals surface area contributed by atoms with Gasteiger partial charge < -0.3 is 10.2 Å². The second-order valence-corrected chi connectivity index (χ2v) is 4.58. The monoisotopic (exact) mass is 235 g/mol. The van der Waals surface area contributed by atoms with Gasteiger partial charge in [0.1, 0.15) is 5.69 Å². The zero-order valence-corrected chi connectivity index (χ0v) is 11.2. The highest BCUT2D eigenvalue weighted by molar-refractivity contribution is 5.92. The van der Waals surface area contributed by atoms with E-state index in [1.807, 2.05) is 27.1 Å². The Bertz CT molecular complexity index is 373. The van der Waals surface area contributed by atoms with Crippen LogP contribution in [0.25, 0.3) is 0 Å². The normalized spacial score (nSPS) is 12.4. The molecule has 0 saturated carbocycles. The van der Waals surface area contributed by atoms with E-state index in [-0.39, 0.29) is 11.9 Å². The lowest BCUT2D eigenvalue weighted by atomic mass is 10.0. The summed E-state index contributed by atoms with van der Waals surface area (Å²) >= 11 is 0. The Hall–Kier alpha value is -1.58. The summed E-state index contributed by atoms with van der Waals surface area (Å²) in [7, 11) is 3.64. The van der Waals surface area contributed by atoms with Crippen LogP contribution in [0.2, 0.25) is 0 Å². The summed E-state index contributed by atoms with van der Waals surface area (Å²) in [5.41, 5.74) is 1.39. The Balaban J connectivity index is 2.81. The van der Waals surface area contributed by atoms with E-state index in [2.05, 4.69) is 24.1 Å². The van der Waals surface area contributed by atoms with Crippen LogP contribution in [0.1, 0.15) is 31.3 Å². The van der Waals surface area contributed by atoms with Gasteiger partial charge in [-0.2, -0.15) is 0 Å². The number of amides is 1. The van der Waals surface area contributed by atoms with E-state index in [9.17, 15) is 4.79 Å². The standard InChI is InChI=1S/C13H21N3O/c1-9(2)10(3)16(5)13(17)12-7-6-11(14-4)8-15-12/h6-10,14H,1-5H3. The maximum Gasteiger partial charge on any atom is 0.272 e. The number of hydrogen-bond donors (Lipinski definition) is 1. The topological polar surface area (TPSA) is 45.2 Å². The molecule has 0 radical (unpaired) electrons. The molecule has 0 spiro atoms. The molecule has 94 valence electrons. The number of carbonyl (C=O) groups excluding carboxylic acids is 1. The molecular weight excluding hydrogens is 214 g/mol. The van der Waals surface area contributed by atoms with Crippen LogP contribution in [-0.4, -0.2) is 35.9 Å². The molecule has 17 heavy (non-hydrogen) atoms. The number of rotatable bonds is 4. The number of aromatic nitrogens is 1. The Morgan fingerprint density at radius 2 is 2.00 bits per heavy atom. The zero-order valence-electron chi connectivity index (χ0n) is 11.2. The van der Waals surface area contributed by atoms with E-state index in [0.717, 1.165) is 5.69 Å². The van der Waals surface area contributed by atoms with Crippen molar-refractivity contribution in [3.63, 3.8) is 0 Å². The molecule has 1 unspecified atom stereocenters. The summed E-state index contributed by atoms with van der Waals surface area (Å²) in [5, 5.41) is 2.98. The highest BCUT2D eigenvalue weighted by atomic mass is 16.2. The van der Waals surface area contributed by atoms with Gasteiger partial charge in [-0.15, -0.1) is 0 Å². The molecular formula is C13H21N3O. The first-order chi connectivity index (χ1) is 7.97. The second-order valence-electron chi connectivity index (χ2n) is 4.58. The minimum atomic E-state index is -0.0335. The Morgan fingerprint density at radius 3 is 2.41 bits per heavy atom. The highest BCUT2D eigenvalue weighted by Crippen LogP contribution is 2.12. The summed E-state index contributed by atoms with van der Waals surface area (Å²) in [6.45, 7) is 6.25. The van der Waals surface area contributed by atoms with E-state index < -0.39 is 0 Å². The van der Waals surface area contributed by atoms with Crippen molar-refractivity contribution in [3.05, 3.63) is 24.0 Å². The number of pyridine rings is 1. The third-order valence-corrected chi connectivity index (χ3v) is 3.17. The fraction of sp³-hybridized carbons (Fsp3) is 0.538. The molecule has 1 atom stereocenters. The van der Waals surface area contributed by atoms with E-state index in [4.69, 9.17) is 0 Å². The van der Waals surface area contributed by atoms with Gasteiger partial charge in [-0.3, -0.25) is 4.79 Å². The third kappa shape index (κ3) is 3.19. The minimum Gasteiger partial charge on any atom is -0.387 e. The van der Waals surface area contributed by atoms with Crippen molar-refractivity contribution in [1.82, 2.24) is 9.88 Å². The maximum absolute atomic E-state index is 12.1. The number of anilines is 1. The lowest BCUT2D eigenvalue weighted by Gasteiger charge is -2.27. The van der Waals surface area contributed by atoms with Gasteiger partial charge in [-0.25, -0.2) is 4.98 Å². The summed E-state index contributed by atoms with van der Waals surface area (Å²) in [5.74, 6) is 0.398. The fourth-order valence-electron chi connectivity index (χ4n) is 1.48. The second kappa shape index (κ2) is 5.66. The smallest absolute Gasteiger partial charge is 0.272 e. The number of nitrogens with zero attached hydrogens (tertiary/aromatic N) is 2. The van der Waals surface area contributed by atoms with Crippen LogP contribution in [0.5, 0.6) is 0 Å². The molecule has 1 N–H and O–H groups in total. The summed E-state index contributed by atoms with van der Waals surface area (Å²) in [6.07, 6.45) is 1.67. The molecule has 1 aromatic rings. The summed E-state index contributed by atoms with van der Waals surface area (Å²) < 4.78 is 0. The Kier molecular flexibility index (Phi) is 4.49.